The van der Waals surface area contributed by atoms with Crippen LogP contribution in [0.1, 0.15) is 0 Å². The number of hydrogen-bond acceptors (Lipinski definition) is 4. The summed E-state index contributed by atoms with van der Waals surface area (Å²) in [6, 6.07) is 1.13. The lowest BCUT2D eigenvalue weighted by atomic mass is 10.4. The second kappa shape index (κ2) is 2.83. The molecule has 0 aliphatic carbocycles. The Morgan fingerprint density at radius 1 is 1.73 bits per heavy atom. The molecule has 1 heterocycles. The molecule has 0 saturated carbocycles. The second-order valence-corrected chi connectivity index (χ2v) is 2.48. The summed E-state index contributed by atoms with van der Waals surface area (Å²) >= 11 is 2.85. The Bertz CT molecular complexity index is 302. The normalized spacial score (nSPS) is 9.55. The minimum Gasteiger partial charge on any atom is -0.500 e. The first kappa shape index (κ1) is 7.93. The van der Waals surface area contributed by atoms with Crippen LogP contribution in [0.3, 0.4) is 0 Å². The van der Waals surface area contributed by atoms with Crippen LogP contribution in [0.5, 0.6) is 5.75 Å². The van der Waals surface area contributed by atoms with Crippen LogP contribution in [-0.2, 0) is 0 Å². The van der Waals surface area contributed by atoms with Gasteiger partial charge in [-0.25, -0.2) is 4.98 Å². The van der Waals surface area contributed by atoms with Crippen LogP contribution in [0.4, 0.5) is 5.69 Å². The molecule has 0 aliphatic rings. The quantitative estimate of drug-likeness (QED) is 0.440. The Balaban J connectivity index is 3.27. The second-order valence-electron chi connectivity index (χ2n) is 1.73. The number of hydrogen-bond donors (Lipinski definition) is 1. The molecule has 0 atom stereocenters. The summed E-state index contributed by atoms with van der Waals surface area (Å²) in [5, 5.41) is 19.2. The molecule has 0 saturated heterocycles. The van der Waals surface area contributed by atoms with Crippen LogP contribution in [-0.4, -0.2) is 15.0 Å². The fourth-order valence-corrected chi connectivity index (χ4v) is 0.888. The van der Waals surface area contributed by atoms with Gasteiger partial charge in [-0.1, -0.05) is 0 Å². The van der Waals surface area contributed by atoms with Crippen LogP contribution >= 0.6 is 15.9 Å². The first-order valence-electron chi connectivity index (χ1n) is 2.61. The SMILES string of the molecule is O=[N+]([O-])c1ccnc(Br)c1O. The number of pyridine rings is 1. The third-order valence-corrected chi connectivity index (χ3v) is 1.64. The van der Waals surface area contributed by atoms with Gasteiger partial charge >= 0.3 is 5.69 Å². The maximum absolute atomic E-state index is 10.2. The van der Waals surface area contributed by atoms with Gasteiger partial charge in [-0.15, -0.1) is 0 Å². The Labute approximate surface area is 70.0 Å². The van der Waals surface area contributed by atoms with E-state index in [-0.39, 0.29) is 10.3 Å². The number of halogens is 1. The summed E-state index contributed by atoms with van der Waals surface area (Å²) in [5.41, 5.74) is -0.355. The molecule has 0 amide bonds. The smallest absolute Gasteiger partial charge is 0.315 e. The van der Waals surface area contributed by atoms with E-state index in [1.807, 2.05) is 0 Å². The van der Waals surface area contributed by atoms with Gasteiger partial charge in [-0.05, 0) is 15.9 Å². The summed E-state index contributed by atoms with van der Waals surface area (Å²) < 4.78 is 0.0756. The molecule has 0 fully saturated rings. The van der Waals surface area contributed by atoms with Crippen molar-refractivity contribution in [1.82, 2.24) is 4.98 Å². The molecule has 5 nitrogen and oxygen atoms in total. The molecule has 1 rings (SSSR count). The minimum absolute atomic E-state index is 0.0756. The Morgan fingerprint density at radius 3 is 2.82 bits per heavy atom. The van der Waals surface area contributed by atoms with Gasteiger partial charge in [0.25, 0.3) is 0 Å². The van der Waals surface area contributed by atoms with Crippen molar-refractivity contribution < 1.29 is 10.0 Å². The largest absolute Gasteiger partial charge is 0.500 e. The van der Waals surface area contributed by atoms with E-state index in [2.05, 4.69) is 20.9 Å². The molecule has 58 valence electrons. The highest BCUT2D eigenvalue weighted by molar-refractivity contribution is 9.10. The number of aromatic nitrogens is 1. The lowest BCUT2D eigenvalue weighted by Crippen LogP contribution is -1.89. The highest BCUT2D eigenvalue weighted by atomic mass is 79.9. The van der Waals surface area contributed by atoms with E-state index >= 15 is 0 Å². The highest BCUT2D eigenvalue weighted by Gasteiger charge is 2.15. The van der Waals surface area contributed by atoms with Crippen LogP contribution in [0.2, 0.25) is 0 Å². The van der Waals surface area contributed by atoms with Gasteiger partial charge in [0.05, 0.1) is 4.92 Å². The van der Waals surface area contributed by atoms with E-state index in [1.165, 1.54) is 6.20 Å². The van der Waals surface area contributed by atoms with Crippen molar-refractivity contribution in [3.63, 3.8) is 0 Å². The first-order chi connectivity index (χ1) is 5.13. The predicted molar refractivity (Wildman–Crippen MR) is 40.3 cm³/mol. The number of nitro groups is 1. The molecule has 0 bridgehead atoms. The van der Waals surface area contributed by atoms with E-state index in [1.54, 1.807) is 0 Å². The molecule has 11 heavy (non-hydrogen) atoms. The van der Waals surface area contributed by atoms with Gasteiger partial charge in [-0.2, -0.15) is 0 Å². The topological polar surface area (TPSA) is 76.3 Å². The molecule has 0 radical (unpaired) electrons. The molecule has 1 N–H and O–H groups in total. The maximum Gasteiger partial charge on any atom is 0.315 e. The van der Waals surface area contributed by atoms with E-state index in [0.29, 0.717) is 0 Å². The standard InChI is InChI=1S/C5H3BrN2O3/c6-5-4(9)3(8(10)11)1-2-7-5/h1-2,9H. The molecule has 0 spiro atoms. The van der Waals surface area contributed by atoms with Crippen molar-refractivity contribution in [2.75, 3.05) is 0 Å². The number of rotatable bonds is 1. The monoisotopic (exact) mass is 218 g/mol. The van der Waals surface area contributed by atoms with Crippen molar-refractivity contribution in [3.05, 3.63) is 27.0 Å². The molecular formula is C5H3BrN2O3. The molecule has 0 unspecified atom stereocenters. The molecule has 0 aliphatic heterocycles. The van der Waals surface area contributed by atoms with Crippen molar-refractivity contribution in [1.29, 1.82) is 0 Å². The van der Waals surface area contributed by atoms with E-state index < -0.39 is 10.7 Å². The average Bonchev–Trinajstić information content (AvgIpc) is 1.94. The lowest BCUT2D eigenvalue weighted by molar-refractivity contribution is -0.386. The highest BCUT2D eigenvalue weighted by Crippen LogP contribution is 2.30. The van der Waals surface area contributed by atoms with Crippen molar-refractivity contribution in [3.8, 4) is 5.75 Å². The fourth-order valence-electron chi connectivity index (χ4n) is 0.566. The summed E-state index contributed by atoms with van der Waals surface area (Å²) in [4.78, 5) is 13.1. The van der Waals surface area contributed by atoms with Gasteiger partial charge in [0.1, 0.15) is 0 Å². The number of aromatic hydroxyl groups is 1. The Kier molecular flexibility index (Phi) is 2.04. The third-order valence-electron chi connectivity index (χ3n) is 1.06. The number of nitrogens with zero attached hydrogens (tertiary/aromatic N) is 2. The zero-order valence-electron chi connectivity index (χ0n) is 5.19. The van der Waals surface area contributed by atoms with Gasteiger partial charge in [0, 0.05) is 12.3 Å². The summed E-state index contributed by atoms with van der Waals surface area (Å²) in [6.45, 7) is 0. The van der Waals surface area contributed by atoms with Crippen molar-refractivity contribution in [2.24, 2.45) is 0 Å². The molecule has 6 heteroatoms. The van der Waals surface area contributed by atoms with Gasteiger partial charge < -0.3 is 5.11 Å². The van der Waals surface area contributed by atoms with Gasteiger partial charge in [-0.3, -0.25) is 10.1 Å². The Hall–Kier alpha value is -1.17. The Morgan fingerprint density at radius 2 is 2.36 bits per heavy atom. The predicted octanol–water partition coefficient (Wildman–Crippen LogP) is 1.46. The molecular weight excluding hydrogens is 216 g/mol. The van der Waals surface area contributed by atoms with Crippen LogP contribution in [0.25, 0.3) is 0 Å². The summed E-state index contributed by atoms with van der Waals surface area (Å²) in [7, 11) is 0. The van der Waals surface area contributed by atoms with Crippen LogP contribution in [0, 0.1) is 10.1 Å². The maximum atomic E-state index is 10.2. The summed E-state index contributed by atoms with van der Waals surface area (Å²) in [6.07, 6.45) is 1.24. The minimum atomic E-state index is -0.679. The van der Waals surface area contributed by atoms with E-state index in [4.69, 9.17) is 5.11 Å². The average molecular weight is 219 g/mol. The van der Waals surface area contributed by atoms with Crippen molar-refractivity contribution >= 4 is 21.6 Å². The van der Waals surface area contributed by atoms with E-state index in [9.17, 15) is 10.1 Å². The first-order valence-corrected chi connectivity index (χ1v) is 3.40. The zero-order valence-corrected chi connectivity index (χ0v) is 6.78. The van der Waals surface area contributed by atoms with Crippen molar-refractivity contribution in [2.45, 2.75) is 0 Å². The van der Waals surface area contributed by atoms with E-state index in [0.717, 1.165) is 6.07 Å². The van der Waals surface area contributed by atoms with Gasteiger partial charge in [0.2, 0.25) is 5.75 Å². The zero-order chi connectivity index (χ0) is 8.43. The van der Waals surface area contributed by atoms with Crippen LogP contribution < -0.4 is 0 Å². The van der Waals surface area contributed by atoms with Crippen LogP contribution in [0.15, 0.2) is 16.9 Å². The lowest BCUT2D eigenvalue weighted by Gasteiger charge is -1.95. The fraction of sp³-hybridized carbons (Fsp3) is 0. The molecule has 1 aromatic rings. The third kappa shape index (κ3) is 1.45. The van der Waals surface area contributed by atoms with Gasteiger partial charge in [0.15, 0.2) is 4.60 Å². The molecule has 0 aromatic carbocycles. The summed E-state index contributed by atoms with van der Waals surface area (Å²) in [5.74, 6) is -0.447. The molecule has 1 aromatic heterocycles.